The van der Waals surface area contributed by atoms with E-state index in [0.29, 0.717) is 24.3 Å². The second kappa shape index (κ2) is 11.8. The van der Waals surface area contributed by atoms with Gasteiger partial charge in [-0.1, -0.05) is 32.0 Å². The molecule has 0 aliphatic carbocycles. The number of likely N-dealkylation sites (tertiary alicyclic amines) is 1. The van der Waals surface area contributed by atoms with Crippen LogP contribution in [-0.4, -0.2) is 54.3 Å². The Kier molecular flexibility index (Phi) is 9.68. The highest BCUT2D eigenvalue weighted by molar-refractivity contribution is 14.0. The van der Waals surface area contributed by atoms with Crippen molar-refractivity contribution in [3.05, 3.63) is 41.3 Å². The van der Waals surface area contributed by atoms with Crippen LogP contribution in [0, 0.1) is 5.82 Å². The molecule has 1 aliphatic heterocycles. The van der Waals surface area contributed by atoms with Gasteiger partial charge in [-0.05, 0) is 30.5 Å². The van der Waals surface area contributed by atoms with Crippen molar-refractivity contribution in [2.45, 2.75) is 58.2 Å². The molecule has 1 aromatic heterocycles. The third-order valence-electron chi connectivity index (χ3n) is 5.30. The zero-order valence-corrected chi connectivity index (χ0v) is 21.8. The quantitative estimate of drug-likeness (QED) is 0.318. The van der Waals surface area contributed by atoms with Crippen LogP contribution < -0.4 is 15.4 Å². The highest BCUT2D eigenvalue weighted by Gasteiger charge is 2.23. The molecule has 0 radical (unpaired) electrons. The van der Waals surface area contributed by atoms with Gasteiger partial charge >= 0.3 is 0 Å². The molecule has 3 rings (SSSR count). The molecule has 1 saturated heterocycles. The SMILES string of the molecule is CN=C(NCc1noc(C(C)(C)C)n1)NC1CCN(Cc2ccc(OC)c(F)c2)CC1.I. The molecule has 0 spiro atoms. The van der Waals surface area contributed by atoms with Crippen molar-refractivity contribution in [1.82, 2.24) is 25.7 Å². The second-order valence-electron chi connectivity index (χ2n) is 8.86. The lowest BCUT2D eigenvalue weighted by Crippen LogP contribution is -2.48. The van der Waals surface area contributed by atoms with E-state index in [9.17, 15) is 4.39 Å². The molecule has 0 bridgehead atoms. The number of nitrogens with one attached hydrogen (secondary N) is 2. The number of guanidine groups is 1. The van der Waals surface area contributed by atoms with Crippen molar-refractivity contribution in [3.63, 3.8) is 0 Å². The summed E-state index contributed by atoms with van der Waals surface area (Å²) >= 11 is 0. The summed E-state index contributed by atoms with van der Waals surface area (Å²) in [6.45, 7) is 9.15. The van der Waals surface area contributed by atoms with Gasteiger partial charge in [0.25, 0.3) is 0 Å². The molecule has 0 amide bonds. The largest absolute Gasteiger partial charge is 0.494 e. The molecule has 8 nitrogen and oxygen atoms in total. The predicted octanol–water partition coefficient (Wildman–Crippen LogP) is 3.46. The highest BCUT2D eigenvalue weighted by atomic mass is 127. The standard InChI is InChI=1S/C22H33FN6O2.HI/c1-22(2,3)20-27-19(28-31-20)13-25-21(24-4)26-16-8-10-29(11-9-16)14-15-6-7-18(30-5)17(23)12-15;/h6-7,12,16H,8-11,13-14H2,1-5H3,(H2,24,25,26);1H. The van der Waals surface area contributed by atoms with Crippen molar-refractivity contribution < 1.29 is 13.7 Å². The number of nitrogens with zero attached hydrogens (tertiary/aromatic N) is 4. The number of aromatic nitrogens is 2. The first-order chi connectivity index (χ1) is 14.8. The van der Waals surface area contributed by atoms with Crippen molar-refractivity contribution in [1.29, 1.82) is 0 Å². The first kappa shape index (κ1) is 26.3. The third-order valence-corrected chi connectivity index (χ3v) is 5.30. The number of aliphatic imine (C=N–C) groups is 1. The van der Waals surface area contributed by atoms with E-state index in [1.165, 1.54) is 7.11 Å². The van der Waals surface area contributed by atoms with Gasteiger partial charge in [-0.25, -0.2) is 4.39 Å². The molecule has 1 aliphatic rings. The summed E-state index contributed by atoms with van der Waals surface area (Å²) in [7, 11) is 3.23. The molecule has 0 atom stereocenters. The summed E-state index contributed by atoms with van der Waals surface area (Å²) < 4.78 is 24.2. The maximum absolute atomic E-state index is 13.9. The number of piperidine rings is 1. The highest BCUT2D eigenvalue weighted by Crippen LogP contribution is 2.21. The van der Waals surface area contributed by atoms with Crippen LogP contribution in [0.25, 0.3) is 0 Å². The number of rotatable bonds is 6. The van der Waals surface area contributed by atoms with E-state index >= 15 is 0 Å². The van der Waals surface area contributed by atoms with Crippen molar-refractivity contribution >= 4 is 29.9 Å². The Balaban J connectivity index is 0.00000363. The Morgan fingerprint density at radius 2 is 2.03 bits per heavy atom. The maximum Gasteiger partial charge on any atom is 0.232 e. The van der Waals surface area contributed by atoms with Crippen molar-refractivity contribution in [3.8, 4) is 5.75 Å². The van der Waals surface area contributed by atoms with E-state index in [0.717, 1.165) is 44.0 Å². The summed E-state index contributed by atoms with van der Waals surface area (Å²) in [6, 6.07) is 5.48. The van der Waals surface area contributed by atoms with Crippen molar-refractivity contribution in [2.75, 3.05) is 27.2 Å². The fourth-order valence-corrected chi connectivity index (χ4v) is 3.48. The lowest BCUT2D eigenvalue weighted by molar-refractivity contribution is 0.198. The summed E-state index contributed by atoms with van der Waals surface area (Å²) in [6.07, 6.45) is 1.96. The van der Waals surface area contributed by atoms with E-state index in [1.807, 2.05) is 26.8 Å². The van der Waals surface area contributed by atoms with Crippen LogP contribution in [0.2, 0.25) is 0 Å². The van der Waals surface area contributed by atoms with Crippen LogP contribution in [0.3, 0.4) is 0 Å². The first-order valence-corrected chi connectivity index (χ1v) is 10.6. The Morgan fingerprint density at radius 3 is 2.59 bits per heavy atom. The number of benzene rings is 1. The van der Waals surface area contributed by atoms with Gasteiger partial charge in [-0.2, -0.15) is 4.98 Å². The molecule has 0 saturated carbocycles. The number of methoxy groups -OCH3 is 1. The minimum absolute atomic E-state index is 0. The van der Waals surface area contributed by atoms with Gasteiger partial charge in [0, 0.05) is 38.1 Å². The fraction of sp³-hybridized carbons (Fsp3) is 0.591. The van der Waals surface area contributed by atoms with Gasteiger partial charge in [-0.15, -0.1) is 24.0 Å². The summed E-state index contributed by atoms with van der Waals surface area (Å²) in [5, 5.41) is 10.8. The average molecular weight is 560 g/mol. The minimum Gasteiger partial charge on any atom is -0.494 e. The molecule has 0 unspecified atom stereocenters. The van der Waals surface area contributed by atoms with Crippen LogP contribution in [0.5, 0.6) is 5.75 Å². The molecule has 2 N–H and O–H groups in total. The smallest absolute Gasteiger partial charge is 0.232 e. The Labute approximate surface area is 206 Å². The van der Waals surface area contributed by atoms with E-state index < -0.39 is 0 Å². The fourth-order valence-electron chi connectivity index (χ4n) is 3.48. The monoisotopic (exact) mass is 560 g/mol. The Bertz CT molecular complexity index is 891. The van der Waals surface area contributed by atoms with E-state index in [2.05, 4.69) is 30.7 Å². The number of hydrogen-bond acceptors (Lipinski definition) is 6. The number of hydrogen-bond donors (Lipinski definition) is 2. The summed E-state index contributed by atoms with van der Waals surface area (Å²) in [4.78, 5) is 11.1. The van der Waals surface area contributed by atoms with E-state index in [-0.39, 0.29) is 41.0 Å². The van der Waals surface area contributed by atoms with Crippen LogP contribution in [0.1, 0.15) is 50.9 Å². The molecule has 2 heterocycles. The molecular weight excluding hydrogens is 526 g/mol. The van der Waals surface area contributed by atoms with Crippen LogP contribution in [-0.2, 0) is 18.5 Å². The molecule has 10 heteroatoms. The number of ether oxygens (including phenoxy) is 1. The lowest BCUT2D eigenvalue weighted by atomic mass is 9.97. The summed E-state index contributed by atoms with van der Waals surface area (Å²) in [5.74, 6) is 1.91. The molecule has 2 aromatic rings. The Morgan fingerprint density at radius 1 is 1.31 bits per heavy atom. The van der Waals surface area contributed by atoms with Gasteiger partial charge in [0.1, 0.15) is 0 Å². The second-order valence-corrected chi connectivity index (χ2v) is 8.86. The molecule has 178 valence electrons. The van der Waals surface area contributed by atoms with Gasteiger partial charge in [0.05, 0.1) is 13.7 Å². The third kappa shape index (κ3) is 7.29. The lowest BCUT2D eigenvalue weighted by Gasteiger charge is -2.33. The maximum atomic E-state index is 13.9. The molecule has 1 fully saturated rings. The molecule has 1 aromatic carbocycles. The van der Waals surface area contributed by atoms with Crippen LogP contribution >= 0.6 is 24.0 Å². The van der Waals surface area contributed by atoms with E-state index in [1.54, 1.807) is 19.2 Å². The van der Waals surface area contributed by atoms with Gasteiger partial charge in [0.15, 0.2) is 23.4 Å². The van der Waals surface area contributed by atoms with Crippen LogP contribution in [0.15, 0.2) is 27.7 Å². The minimum atomic E-state index is -0.317. The summed E-state index contributed by atoms with van der Waals surface area (Å²) in [5.41, 5.74) is 0.786. The van der Waals surface area contributed by atoms with Gasteiger partial charge < -0.3 is 19.9 Å². The Hall–Kier alpha value is -1.95. The zero-order chi connectivity index (χ0) is 22.4. The predicted molar refractivity (Wildman–Crippen MR) is 133 cm³/mol. The topological polar surface area (TPSA) is 87.8 Å². The molecule has 32 heavy (non-hydrogen) atoms. The van der Waals surface area contributed by atoms with Crippen molar-refractivity contribution in [2.24, 2.45) is 4.99 Å². The average Bonchev–Trinajstić information content (AvgIpc) is 3.22. The first-order valence-electron chi connectivity index (χ1n) is 10.6. The van der Waals surface area contributed by atoms with Gasteiger partial charge in [0.2, 0.25) is 5.89 Å². The molecular formula is C22H34FIN6O2. The zero-order valence-electron chi connectivity index (χ0n) is 19.4. The van der Waals surface area contributed by atoms with Crippen LogP contribution in [0.4, 0.5) is 4.39 Å². The van der Waals surface area contributed by atoms with E-state index in [4.69, 9.17) is 9.26 Å². The normalized spacial score (nSPS) is 15.9. The van der Waals surface area contributed by atoms with Gasteiger partial charge in [-0.3, -0.25) is 9.89 Å². The number of halogens is 2.